The molecule has 2 aromatic rings. The first-order valence-electron chi connectivity index (χ1n) is 7.25. The van der Waals surface area contributed by atoms with Gasteiger partial charge in [0.1, 0.15) is 0 Å². The smallest absolute Gasteiger partial charge is 0.250 e. The molecule has 28 heavy (non-hydrogen) atoms. The van der Waals surface area contributed by atoms with E-state index in [1.807, 2.05) is 18.2 Å². The van der Waals surface area contributed by atoms with Crippen LogP contribution in [0, 0.1) is 0 Å². The Hall–Kier alpha value is -0.890. The normalized spacial score (nSPS) is 11.2. The third kappa shape index (κ3) is 7.17. The molecule has 0 amide bonds. The molecule has 0 unspecified atom stereocenters. The molecule has 0 aliphatic carbocycles. The number of ether oxygens (including phenoxy) is 3. The van der Waals surface area contributed by atoms with Crippen LogP contribution in [-0.2, 0) is 7.59 Å². The summed E-state index contributed by atoms with van der Waals surface area (Å²) >= 11 is 33.7. The van der Waals surface area contributed by atoms with Gasteiger partial charge in [-0.15, -0.1) is 0 Å². The van der Waals surface area contributed by atoms with Crippen LogP contribution >= 0.6 is 69.6 Å². The maximum atomic E-state index is 5.62. The zero-order valence-corrected chi connectivity index (χ0v) is 19.4. The first kappa shape index (κ1) is 25.1. The average Bonchev–Trinajstić information content (AvgIpc) is 2.65. The Morgan fingerprint density at radius 1 is 0.786 bits per heavy atom. The van der Waals surface area contributed by atoms with Gasteiger partial charge >= 0.3 is 0 Å². The molecule has 0 N–H and O–H groups in total. The summed E-state index contributed by atoms with van der Waals surface area (Å²) in [6.07, 6.45) is 1.32. The second-order valence-electron chi connectivity index (χ2n) is 4.74. The molecule has 2 rings (SSSR count). The SMILES string of the molecule is C=Cc1nc(C(Cl)(Cl)Cl)nc(C(Cl)(Cl)Cl)n1.COc1cccc(OC)c1OC. The first-order chi connectivity index (χ1) is 13.0. The number of nitrogens with zero attached hydrogens (tertiary/aromatic N) is 3. The number of benzene rings is 1. The number of methoxy groups -OCH3 is 3. The summed E-state index contributed by atoms with van der Waals surface area (Å²) in [5.74, 6) is 1.86. The fraction of sp³-hybridized carbons (Fsp3) is 0.312. The van der Waals surface area contributed by atoms with Crippen molar-refractivity contribution in [2.45, 2.75) is 7.59 Å². The quantitative estimate of drug-likeness (QED) is 0.479. The number of halogens is 6. The highest BCUT2D eigenvalue weighted by molar-refractivity contribution is 6.67. The maximum Gasteiger partial charge on any atom is 0.250 e. The molecular formula is C16H15Cl6N3O3. The lowest BCUT2D eigenvalue weighted by Gasteiger charge is -2.14. The van der Waals surface area contributed by atoms with Crippen LogP contribution < -0.4 is 14.2 Å². The van der Waals surface area contributed by atoms with Gasteiger partial charge in [0.2, 0.25) is 13.3 Å². The number of para-hydroxylation sites is 1. The van der Waals surface area contributed by atoms with Crippen molar-refractivity contribution < 1.29 is 14.2 Å². The lowest BCUT2D eigenvalue weighted by molar-refractivity contribution is 0.324. The van der Waals surface area contributed by atoms with Gasteiger partial charge in [-0.2, -0.15) is 0 Å². The molecule has 0 bridgehead atoms. The summed E-state index contributed by atoms with van der Waals surface area (Å²) < 4.78 is 11.6. The lowest BCUT2D eigenvalue weighted by atomic mass is 10.3. The van der Waals surface area contributed by atoms with E-state index in [-0.39, 0.29) is 17.5 Å². The van der Waals surface area contributed by atoms with Crippen molar-refractivity contribution >= 4 is 75.7 Å². The fourth-order valence-corrected chi connectivity index (χ4v) is 2.26. The molecule has 0 spiro atoms. The van der Waals surface area contributed by atoms with Crippen LogP contribution in [0.25, 0.3) is 6.08 Å². The zero-order valence-electron chi connectivity index (χ0n) is 14.9. The van der Waals surface area contributed by atoms with E-state index in [2.05, 4.69) is 21.5 Å². The number of hydrogen-bond donors (Lipinski definition) is 0. The predicted octanol–water partition coefficient (Wildman–Crippen LogP) is 5.88. The van der Waals surface area contributed by atoms with E-state index in [1.165, 1.54) is 6.08 Å². The minimum absolute atomic E-state index is 0.135. The molecule has 0 aliphatic rings. The van der Waals surface area contributed by atoms with Crippen molar-refractivity contribution in [1.82, 2.24) is 15.0 Å². The summed E-state index contributed by atoms with van der Waals surface area (Å²) in [5, 5.41) is 0. The van der Waals surface area contributed by atoms with Gasteiger partial charge < -0.3 is 14.2 Å². The van der Waals surface area contributed by atoms with E-state index in [1.54, 1.807) is 21.3 Å². The topological polar surface area (TPSA) is 66.4 Å². The average molecular weight is 510 g/mol. The van der Waals surface area contributed by atoms with Crippen molar-refractivity contribution in [3.8, 4) is 17.2 Å². The largest absolute Gasteiger partial charge is 0.493 e. The standard InChI is InChI=1S/C9H12O3.C7H3Cl6N3/c1-10-7-5-4-6-8(11-2)9(7)12-3;1-2-3-14-4(6(8,9)10)16-5(15-3)7(11,12)13/h4-6H,1-3H3;2H,1H2. The summed E-state index contributed by atoms with van der Waals surface area (Å²) in [6, 6.07) is 5.49. The Bertz CT molecular complexity index is 755. The lowest BCUT2D eigenvalue weighted by Crippen LogP contribution is -2.16. The van der Waals surface area contributed by atoms with Gasteiger partial charge in [0, 0.05) is 0 Å². The second kappa shape index (κ2) is 10.8. The molecule has 0 atom stereocenters. The number of rotatable bonds is 4. The molecule has 1 aromatic heterocycles. The molecule has 154 valence electrons. The summed E-state index contributed by atoms with van der Waals surface area (Å²) in [7, 11) is 4.77. The predicted molar refractivity (Wildman–Crippen MR) is 114 cm³/mol. The van der Waals surface area contributed by atoms with Crippen LogP contribution in [-0.4, -0.2) is 36.3 Å². The Balaban J connectivity index is 0.000000292. The molecule has 0 saturated carbocycles. The first-order valence-corrected chi connectivity index (χ1v) is 9.52. The molecule has 0 saturated heterocycles. The fourth-order valence-electron chi connectivity index (χ4n) is 1.76. The highest BCUT2D eigenvalue weighted by Crippen LogP contribution is 2.40. The van der Waals surface area contributed by atoms with Crippen LogP contribution in [0.2, 0.25) is 0 Å². The van der Waals surface area contributed by atoms with Crippen LogP contribution in [0.3, 0.4) is 0 Å². The van der Waals surface area contributed by atoms with Crippen molar-refractivity contribution in [1.29, 1.82) is 0 Å². The highest BCUT2D eigenvalue weighted by Gasteiger charge is 2.33. The van der Waals surface area contributed by atoms with Crippen molar-refractivity contribution in [3.63, 3.8) is 0 Å². The monoisotopic (exact) mass is 507 g/mol. The maximum absolute atomic E-state index is 5.62. The Kier molecular flexibility index (Phi) is 9.67. The van der Waals surface area contributed by atoms with Gasteiger partial charge in [0.25, 0.3) is 0 Å². The second-order valence-corrected chi connectivity index (χ2v) is 9.30. The third-order valence-electron chi connectivity index (χ3n) is 2.93. The van der Waals surface area contributed by atoms with Crippen LogP contribution in [0.5, 0.6) is 17.2 Å². The van der Waals surface area contributed by atoms with Gasteiger partial charge in [-0.1, -0.05) is 82.3 Å². The molecule has 6 nitrogen and oxygen atoms in total. The van der Waals surface area contributed by atoms with Gasteiger partial charge in [-0.25, -0.2) is 15.0 Å². The van der Waals surface area contributed by atoms with E-state index < -0.39 is 7.59 Å². The molecule has 0 radical (unpaired) electrons. The van der Waals surface area contributed by atoms with Crippen LogP contribution in [0.1, 0.15) is 17.5 Å². The van der Waals surface area contributed by atoms with E-state index >= 15 is 0 Å². The molecule has 0 fully saturated rings. The number of alkyl halides is 6. The number of hydrogen-bond acceptors (Lipinski definition) is 6. The van der Waals surface area contributed by atoms with Crippen LogP contribution in [0.4, 0.5) is 0 Å². The highest BCUT2D eigenvalue weighted by atomic mass is 35.6. The molecule has 1 heterocycles. The third-order valence-corrected chi connectivity index (χ3v) is 3.94. The Morgan fingerprint density at radius 2 is 1.21 bits per heavy atom. The Labute approximate surface area is 192 Å². The minimum Gasteiger partial charge on any atom is -0.493 e. The van der Waals surface area contributed by atoms with E-state index in [4.69, 9.17) is 83.8 Å². The van der Waals surface area contributed by atoms with Crippen molar-refractivity contribution in [3.05, 3.63) is 42.3 Å². The number of aromatic nitrogens is 3. The Morgan fingerprint density at radius 3 is 1.50 bits per heavy atom. The van der Waals surface area contributed by atoms with Crippen molar-refractivity contribution in [2.75, 3.05) is 21.3 Å². The molecule has 1 aromatic carbocycles. The van der Waals surface area contributed by atoms with Crippen molar-refractivity contribution in [2.24, 2.45) is 0 Å². The van der Waals surface area contributed by atoms with Gasteiger partial charge in [-0.05, 0) is 18.2 Å². The van der Waals surface area contributed by atoms with E-state index in [0.29, 0.717) is 17.2 Å². The molecule has 12 heteroatoms. The summed E-state index contributed by atoms with van der Waals surface area (Å²) in [5.41, 5.74) is 0. The van der Waals surface area contributed by atoms with Crippen LogP contribution in [0.15, 0.2) is 24.8 Å². The minimum atomic E-state index is -1.83. The van der Waals surface area contributed by atoms with Gasteiger partial charge in [0.15, 0.2) is 29.0 Å². The summed E-state index contributed by atoms with van der Waals surface area (Å²) in [4.78, 5) is 11.4. The van der Waals surface area contributed by atoms with E-state index in [9.17, 15) is 0 Å². The van der Waals surface area contributed by atoms with E-state index in [0.717, 1.165) is 0 Å². The molecular weight excluding hydrogens is 495 g/mol. The molecule has 0 aliphatic heterocycles. The van der Waals surface area contributed by atoms with Gasteiger partial charge in [0.05, 0.1) is 21.3 Å². The van der Waals surface area contributed by atoms with Gasteiger partial charge in [-0.3, -0.25) is 0 Å². The zero-order chi connectivity index (χ0) is 21.5. The summed E-state index contributed by atoms with van der Waals surface area (Å²) in [6.45, 7) is 3.47.